The Balaban J connectivity index is 2.23. The third-order valence-electron chi connectivity index (χ3n) is 2.40. The average Bonchev–Trinajstić information content (AvgIpc) is 2.81. The van der Waals surface area contributed by atoms with Crippen LogP contribution in [0.15, 0.2) is 9.00 Å². The van der Waals surface area contributed by atoms with E-state index in [2.05, 4.69) is 31.2 Å². The second-order valence-electron chi connectivity index (χ2n) is 3.60. The number of hydrogen-bond donors (Lipinski definition) is 0. The molecule has 5 nitrogen and oxygen atoms in total. The highest BCUT2D eigenvalue weighted by atomic mass is 79.9. The number of hydrogen-bond acceptors (Lipinski definition) is 4. The molecule has 0 unspecified atom stereocenters. The van der Waals surface area contributed by atoms with Crippen molar-refractivity contribution in [2.75, 3.05) is 0 Å². The summed E-state index contributed by atoms with van der Waals surface area (Å²) in [6, 6.07) is 0. The van der Waals surface area contributed by atoms with Crippen molar-refractivity contribution in [2.24, 2.45) is 0 Å². The number of rotatable bonds is 3. The van der Waals surface area contributed by atoms with Crippen LogP contribution in [-0.4, -0.2) is 19.9 Å². The zero-order valence-electron chi connectivity index (χ0n) is 9.49. The van der Waals surface area contributed by atoms with Crippen molar-refractivity contribution in [3.8, 4) is 0 Å². The monoisotopic (exact) mass is 284 g/mol. The first-order valence-electron chi connectivity index (χ1n) is 5.12. The van der Waals surface area contributed by atoms with Crippen LogP contribution in [0.25, 0.3) is 0 Å². The van der Waals surface area contributed by atoms with E-state index in [0.717, 1.165) is 22.3 Å². The summed E-state index contributed by atoms with van der Waals surface area (Å²) in [6.07, 6.45) is 0.758. The van der Waals surface area contributed by atoms with Gasteiger partial charge in [-0.2, -0.15) is 10.1 Å². The van der Waals surface area contributed by atoms with E-state index in [4.69, 9.17) is 4.52 Å². The van der Waals surface area contributed by atoms with Crippen LogP contribution in [0.4, 0.5) is 0 Å². The maximum absolute atomic E-state index is 5.05. The summed E-state index contributed by atoms with van der Waals surface area (Å²) in [5.74, 6) is 1.32. The molecule has 0 spiro atoms. The highest BCUT2D eigenvalue weighted by Gasteiger charge is 2.11. The molecule has 0 amide bonds. The zero-order chi connectivity index (χ0) is 11.7. The minimum atomic E-state index is 0.543. The molecule has 0 saturated heterocycles. The fourth-order valence-corrected chi connectivity index (χ4v) is 1.74. The van der Waals surface area contributed by atoms with Crippen molar-refractivity contribution in [1.82, 2.24) is 19.9 Å². The van der Waals surface area contributed by atoms with Crippen molar-refractivity contribution in [3.63, 3.8) is 0 Å². The number of aryl methyl sites for hydroxylation is 2. The molecule has 0 aliphatic rings. The van der Waals surface area contributed by atoms with Crippen LogP contribution >= 0.6 is 15.9 Å². The van der Waals surface area contributed by atoms with Gasteiger partial charge in [0.2, 0.25) is 5.89 Å². The van der Waals surface area contributed by atoms with Gasteiger partial charge in [0.05, 0.1) is 15.9 Å². The van der Waals surface area contributed by atoms with Crippen molar-refractivity contribution >= 4 is 15.9 Å². The molecule has 0 bridgehead atoms. The molecule has 86 valence electrons. The van der Waals surface area contributed by atoms with Gasteiger partial charge in [0.25, 0.3) is 0 Å². The molecular weight excluding hydrogens is 272 g/mol. The Bertz CT molecular complexity index is 503. The molecule has 0 radical (unpaired) electrons. The fraction of sp³-hybridized carbons (Fsp3) is 0.500. The third kappa shape index (κ3) is 2.02. The molecule has 0 aliphatic carbocycles. The number of halogens is 1. The molecule has 16 heavy (non-hydrogen) atoms. The Morgan fingerprint density at radius 1 is 1.38 bits per heavy atom. The molecule has 0 aliphatic heterocycles. The van der Waals surface area contributed by atoms with Gasteiger partial charge in [-0.1, -0.05) is 12.1 Å². The van der Waals surface area contributed by atoms with E-state index < -0.39 is 0 Å². The quantitative estimate of drug-likeness (QED) is 0.868. The lowest BCUT2D eigenvalue weighted by atomic mass is 10.4. The Hall–Kier alpha value is -1.17. The zero-order valence-corrected chi connectivity index (χ0v) is 11.1. The molecule has 0 saturated carbocycles. The van der Waals surface area contributed by atoms with E-state index in [9.17, 15) is 0 Å². The highest BCUT2D eigenvalue weighted by Crippen LogP contribution is 2.20. The fourth-order valence-electron chi connectivity index (χ4n) is 1.46. The lowest BCUT2D eigenvalue weighted by Gasteiger charge is -1.99. The van der Waals surface area contributed by atoms with Crippen LogP contribution in [0, 0.1) is 13.8 Å². The molecule has 2 heterocycles. The average molecular weight is 285 g/mol. The minimum absolute atomic E-state index is 0.543. The largest absolute Gasteiger partial charge is 0.339 e. The van der Waals surface area contributed by atoms with Crippen LogP contribution in [-0.2, 0) is 13.0 Å². The predicted molar refractivity (Wildman–Crippen MR) is 62.2 cm³/mol. The molecule has 2 aromatic heterocycles. The topological polar surface area (TPSA) is 56.7 Å². The normalized spacial score (nSPS) is 11.0. The summed E-state index contributed by atoms with van der Waals surface area (Å²) < 4.78 is 7.95. The van der Waals surface area contributed by atoms with Gasteiger partial charge in [-0.25, -0.2) is 0 Å². The number of aromatic nitrogens is 4. The molecule has 2 rings (SSSR count). The van der Waals surface area contributed by atoms with Gasteiger partial charge in [0, 0.05) is 6.42 Å². The van der Waals surface area contributed by atoms with E-state index in [1.165, 1.54) is 0 Å². The first kappa shape index (κ1) is 11.3. The van der Waals surface area contributed by atoms with Gasteiger partial charge in [-0.3, -0.25) is 4.68 Å². The van der Waals surface area contributed by atoms with Gasteiger partial charge in [0.15, 0.2) is 5.82 Å². The summed E-state index contributed by atoms with van der Waals surface area (Å²) in [7, 11) is 0. The lowest BCUT2D eigenvalue weighted by molar-refractivity contribution is 0.374. The van der Waals surface area contributed by atoms with Crippen LogP contribution < -0.4 is 0 Å². The van der Waals surface area contributed by atoms with Crippen molar-refractivity contribution in [2.45, 2.75) is 33.7 Å². The first-order chi connectivity index (χ1) is 7.61. The summed E-state index contributed by atoms with van der Waals surface area (Å²) in [5.41, 5.74) is 2.04. The minimum Gasteiger partial charge on any atom is -0.339 e. The molecular formula is C10H13BrN4O. The summed E-state index contributed by atoms with van der Waals surface area (Å²) in [5, 5.41) is 8.29. The predicted octanol–water partition coefficient (Wildman–Crippen LogP) is 2.26. The second kappa shape index (κ2) is 4.37. The Kier molecular flexibility index (Phi) is 3.09. The maximum Gasteiger partial charge on any atom is 0.226 e. The van der Waals surface area contributed by atoms with Crippen LogP contribution in [0.3, 0.4) is 0 Å². The Morgan fingerprint density at radius 2 is 2.12 bits per heavy atom. The molecule has 0 N–H and O–H groups in total. The number of nitrogens with zero attached hydrogens (tertiary/aromatic N) is 4. The summed E-state index contributed by atoms with van der Waals surface area (Å²) in [6.45, 7) is 6.49. The third-order valence-corrected chi connectivity index (χ3v) is 3.54. The van der Waals surface area contributed by atoms with E-state index in [0.29, 0.717) is 18.3 Å². The van der Waals surface area contributed by atoms with Gasteiger partial charge in [-0.05, 0) is 29.8 Å². The van der Waals surface area contributed by atoms with Gasteiger partial charge >= 0.3 is 0 Å². The molecule has 6 heteroatoms. The van der Waals surface area contributed by atoms with Crippen molar-refractivity contribution in [1.29, 1.82) is 0 Å². The van der Waals surface area contributed by atoms with Gasteiger partial charge in [-0.15, -0.1) is 0 Å². The Morgan fingerprint density at radius 3 is 2.62 bits per heavy atom. The van der Waals surface area contributed by atoms with Gasteiger partial charge < -0.3 is 4.52 Å². The first-order valence-corrected chi connectivity index (χ1v) is 5.92. The van der Waals surface area contributed by atoms with Crippen molar-refractivity contribution in [3.05, 3.63) is 27.6 Å². The van der Waals surface area contributed by atoms with Crippen LogP contribution in [0.5, 0.6) is 0 Å². The van der Waals surface area contributed by atoms with E-state index in [-0.39, 0.29) is 0 Å². The summed E-state index contributed by atoms with van der Waals surface area (Å²) in [4.78, 5) is 4.25. The summed E-state index contributed by atoms with van der Waals surface area (Å²) >= 11 is 3.48. The SMILES string of the molecule is CCc1nc(Cn2nc(C)c(Br)c2C)no1. The van der Waals surface area contributed by atoms with E-state index in [1.807, 2.05) is 25.5 Å². The van der Waals surface area contributed by atoms with E-state index in [1.54, 1.807) is 0 Å². The molecule has 0 atom stereocenters. The molecule has 2 aromatic rings. The van der Waals surface area contributed by atoms with Crippen LogP contribution in [0.1, 0.15) is 30.0 Å². The van der Waals surface area contributed by atoms with Crippen LogP contribution in [0.2, 0.25) is 0 Å². The molecule has 0 fully saturated rings. The van der Waals surface area contributed by atoms with Gasteiger partial charge in [0.1, 0.15) is 6.54 Å². The standard InChI is InChI=1S/C10H13BrN4O/c1-4-9-12-8(14-16-9)5-15-7(3)10(11)6(2)13-15/h4-5H2,1-3H3. The lowest BCUT2D eigenvalue weighted by Crippen LogP contribution is -2.05. The van der Waals surface area contributed by atoms with E-state index >= 15 is 0 Å². The smallest absolute Gasteiger partial charge is 0.226 e. The second-order valence-corrected chi connectivity index (χ2v) is 4.39. The molecule has 0 aromatic carbocycles. The highest BCUT2D eigenvalue weighted by molar-refractivity contribution is 9.10. The van der Waals surface area contributed by atoms with Crippen molar-refractivity contribution < 1.29 is 4.52 Å². The maximum atomic E-state index is 5.05. The Labute approximate surface area is 102 Å².